The topological polar surface area (TPSA) is 0 Å². The Labute approximate surface area is 180 Å². The molecule has 1 aliphatic carbocycles. The molecule has 134 valence electrons. The molecule has 0 bridgehead atoms. The Kier molecular flexibility index (Phi) is 7.65. The summed E-state index contributed by atoms with van der Waals surface area (Å²) in [6.07, 6.45) is 12.5. The van der Waals surface area contributed by atoms with Crippen LogP contribution in [0.1, 0.15) is 81.8 Å². The van der Waals surface area contributed by atoms with Crippen molar-refractivity contribution in [2.45, 2.75) is 70.6 Å². The monoisotopic (exact) mass is 558 g/mol. The molecule has 0 aliphatic heterocycles. The Morgan fingerprint density at radius 1 is 0.680 bits per heavy atom. The first-order valence-corrected chi connectivity index (χ1v) is 12.0. The van der Waals surface area contributed by atoms with E-state index in [9.17, 15) is 0 Å². The van der Waals surface area contributed by atoms with Gasteiger partial charge in [0.15, 0.2) is 0 Å². The first-order chi connectivity index (χ1) is 12.2. The smallest absolute Gasteiger partial charge is 0.0133 e. The second-order valence-corrected chi connectivity index (χ2v) is 9.77. The van der Waals surface area contributed by atoms with Gasteiger partial charge >= 0.3 is 0 Å². The Balaban J connectivity index is 1.61. The second-order valence-electron chi connectivity index (χ2n) is 7.28. The highest BCUT2D eigenvalue weighted by atomic mass is 127. The van der Waals surface area contributed by atoms with Gasteiger partial charge in [-0.05, 0) is 98.1 Å². The van der Waals surface area contributed by atoms with Crippen molar-refractivity contribution >= 4 is 45.2 Å². The van der Waals surface area contributed by atoms with Crippen molar-refractivity contribution in [2.24, 2.45) is 0 Å². The number of unbranched alkanes of at least 4 members (excludes halogenated alkanes) is 7. The van der Waals surface area contributed by atoms with Crippen LogP contribution in [0.2, 0.25) is 0 Å². The summed E-state index contributed by atoms with van der Waals surface area (Å²) in [6.45, 7) is 2.29. The van der Waals surface area contributed by atoms with Gasteiger partial charge in [-0.25, -0.2) is 0 Å². The van der Waals surface area contributed by atoms with Crippen LogP contribution >= 0.6 is 45.2 Å². The quantitative estimate of drug-likeness (QED) is 0.214. The summed E-state index contributed by atoms with van der Waals surface area (Å²) in [4.78, 5) is 0. The molecular formula is C23H28I2. The molecule has 2 heteroatoms. The maximum absolute atomic E-state index is 2.45. The standard InChI is InChI=1S/C23H28I2/c1-2-3-4-5-6-7-8-9-10-19-22-15-17(24)11-13-20(22)21-14-12-18(25)16-23(19)21/h11-16,19H,2-10H2,1H3. The molecular weight excluding hydrogens is 530 g/mol. The van der Waals surface area contributed by atoms with E-state index in [-0.39, 0.29) is 0 Å². The molecule has 0 nitrogen and oxygen atoms in total. The summed E-state index contributed by atoms with van der Waals surface area (Å²) < 4.78 is 2.72. The number of hydrogen-bond donors (Lipinski definition) is 0. The Morgan fingerprint density at radius 2 is 1.16 bits per heavy atom. The lowest BCUT2D eigenvalue weighted by Gasteiger charge is -2.14. The van der Waals surface area contributed by atoms with Gasteiger partial charge in [-0.3, -0.25) is 0 Å². The minimum absolute atomic E-state index is 0.606. The van der Waals surface area contributed by atoms with E-state index >= 15 is 0 Å². The maximum Gasteiger partial charge on any atom is 0.0133 e. The third-order valence-corrected chi connectivity index (χ3v) is 6.76. The predicted octanol–water partition coefficient (Wildman–Crippen LogP) is 8.54. The Morgan fingerprint density at radius 3 is 1.68 bits per heavy atom. The molecule has 1 aliphatic rings. The van der Waals surface area contributed by atoms with E-state index in [0.717, 1.165) is 0 Å². The van der Waals surface area contributed by atoms with Crippen LogP contribution in [0.3, 0.4) is 0 Å². The van der Waals surface area contributed by atoms with Crippen LogP contribution in [0, 0.1) is 7.14 Å². The van der Waals surface area contributed by atoms with E-state index in [1.807, 2.05) is 0 Å². The number of rotatable bonds is 9. The molecule has 0 saturated heterocycles. The van der Waals surface area contributed by atoms with Gasteiger partial charge < -0.3 is 0 Å². The Bertz CT molecular complexity index is 654. The number of halogens is 2. The van der Waals surface area contributed by atoms with Gasteiger partial charge in [0.1, 0.15) is 0 Å². The van der Waals surface area contributed by atoms with Crippen LogP contribution in [-0.2, 0) is 0 Å². The van der Waals surface area contributed by atoms with Gasteiger partial charge in [0.05, 0.1) is 0 Å². The molecule has 25 heavy (non-hydrogen) atoms. The third-order valence-electron chi connectivity index (χ3n) is 5.41. The zero-order valence-corrected chi connectivity index (χ0v) is 19.5. The highest BCUT2D eigenvalue weighted by Gasteiger charge is 2.28. The first kappa shape index (κ1) is 19.7. The van der Waals surface area contributed by atoms with Crippen LogP contribution in [0.4, 0.5) is 0 Å². The SMILES string of the molecule is CCCCCCCCCCC1c2cc(I)ccc2-c2ccc(I)cc21. The minimum atomic E-state index is 0.606. The number of benzene rings is 2. The van der Waals surface area contributed by atoms with Crippen LogP contribution in [-0.4, -0.2) is 0 Å². The Hall–Kier alpha value is -0.100. The van der Waals surface area contributed by atoms with Crippen LogP contribution < -0.4 is 0 Å². The van der Waals surface area contributed by atoms with E-state index in [0.29, 0.717) is 5.92 Å². The molecule has 0 heterocycles. The zero-order chi connectivity index (χ0) is 17.6. The summed E-state index contributed by atoms with van der Waals surface area (Å²) in [6, 6.07) is 14.0. The van der Waals surface area contributed by atoms with Gasteiger partial charge in [0, 0.05) is 13.1 Å². The molecule has 0 fully saturated rings. The van der Waals surface area contributed by atoms with Crippen molar-refractivity contribution in [3.05, 3.63) is 54.7 Å². The van der Waals surface area contributed by atoms with Crippen molar-refractivity contribution in [1.29, 1.82) is 0 Å². The molecule has 0 aromatic heterocycles. The van der Waals surface area contributed by atoms with E-state index in [1.165, 1.54) is 76.1 Å². The van der Waals surface area contributed by atoms with Gasteiger partial charge in [-0.1, -0.05) is 70.4 Å². The number of hydrogen-bond acceptors (Lipinski definition) is 0. The largest absolute Gasteiger partial charge is 0.0654 e. The summed E-state index contributed by atoms with van der Waals surface area (Å²) in [5.41, 5.74) is 6.06. The van der Waals surface area contributed by atoms with Crippen molar-refractivity contribution in [2.75, 3.05) is 0 Å². The summed E-state index contributed by atoms with van der Waals surface area (Å²) in [7, 11) is 0. The van der Waals surface area contributed by atoms with Crippen molar-refractivity contribution in [3.63, 3.8) is 0 Å². The fraction of sp³-hybridized carbons (Fsp3) is 0.478. The lowest BCUT2D eigenvalue weighted by Crippen LogP contribution is -1.98. The van der Waals surface area contributed by atoms with Gasteiger partial charge in [-0.2, -0.15) is 0 Å². The molecule has 2 aromatic carbocycles. The third kappa shape index (κ3) is 5.00. The molecule has 0 N–H and O–H groups in total. The normalized spacial score (nSPS) is 13.1. The number of fused-ring (bicyclic) bond motifs is 3. The maximum atomic E-state index is 2.45. The summed E-state index contributed by atoms with van der Waals surface area (Å²) in [5.74, 6) is 0.606. The molecule has 0 atom stereocenters. The second kappa shape index (κ2) is 9.72. The van der Waals surface area contributed by atoms with Crippen LogP contribution in [0.15, 0.2) is 36.4 Å². The lowest BCUT2D eigenvalue weighted by atomic mass is 9.91. The van der Waals surface area contributed by atoms with Crippen LogP contribution in [0.5, 0.6) is 0 Å². The fourth-order valence-corrected chi connectivity index (χ4v) is 5.13. The molecule has 0 amide bonds. The van der Waals surface area contributed by atoms with E-state index in [4.69, 9.17) is 0 Å². The minimum Gasteiger partial charge on any atom is -0.0654 e. The predicted molar refractivity (Wildman–Crippen MR) is 126 cm³/mol. The summed E-state index contributed by atoms with van der Waals surface area (Å²) >= 11 is 4.91. The van der Waals surface area contributed by atoms with Crippen molar-refractivity contribution in [1.82, 2.24) is 0 Å². The molecule has 0 spiro atoms. The van der Waals surface area contributed by atoms with Gasteiger partial charge in [0.25, 0.3) is 0 Å². The molecule has 0 unspecified atom stereocenters. The molecule has 3 rings (SSSR count). The van der Waals surface area contributed by atoms with E-state index in [1.54, 1.807) is 11.1 Å². The van der Waals surface area contributed by atoms with Crippen LogP contribution in [0.25, 0.3) is 11.1 Å². The lowest BCUT2D eigenvalue weighted by molar-refractivity contribution is 0.553. The molecule has 2 aromatic rings. The average Bonchev–Trinajstić information content (AvgIpc) is 2.89. The summed E-state index contributed by atoms with van der Waals surface area (Å²) in [5, 5.41) is 0. The molecule has 0 radical (unpaired) electrons. The van der Waals surface area contributed by atoms with Crippen molar-refractivity contribution < 1.29 is 0 Å². The first-order valence-electron chi connectivity index (χ1n) is 9.80. The van der Waals surface area contributed by atoms with E-state index in [2.05, 4.69) is 88.5 Å². The molecule has 0 saturated carbocycles. The highest BCUT2D eigenvalue weighted by Crippen LogP contribution is 2.47. The van der Waals surface area contributed by atoms with E-state index < -0.39 is 0 Å². The average molecular weight is 558 g/mol. The van der Waals surface area contributed by atoms with Gasteiger partial charge in [0.2, 0.25) is 0 Å². The fourth-order valence-electron chi connectivity index (χ4n) is 4.10. The highest BCUT2D eigenvalue weighted by molar-refractivity contribution is 14.1. The zero-order valence-electron chi connectivity index (χ0n) is 15.2. The van der Waals surface area contributed by atoms with Gasteiger partial charge in [-0.15, -0.1) is 0 Å². The van der Waals surface area contributed by atoms with Crippen molar-refractivity contribution in [3.8, 4) is 11.1 Å².